The lowest BCUT2D eigenvalue weighted by atomic mass is 9.93. The van der Waals surface area contributed by atoms with E-state index in [4.69, 9.17) is 9.47 Å². The molecule has 10 heteroatoms. The summed E-state index contributed by atoms with van der Waals surface area (Å²) in [6.45, 7) is 10.0. The number of nitrogens with one attached hydrogen (secondary N) is 2. The summed E-state index contributed by atoms with van der Waals surface area (Å²) in [5, 5.41) is 5.60. The van der Waals surface area contributed by atoms with E-state index in [1.54, 1.807) is 17.0 Å². The van der Waals surface area contributed by atoms with Gasteiger partial charge in [0.05, 0.1) is 18.9 Å². The largest absolute Gasteiger partial charge is 0.494 e. The second kappa shape index (κ2) is 18.5. The van der Waals surface area contributed by atoms with E-state index in [1.165, 1.54) is 38.5 Å². The number of nitrogens with zero attached hydrogens (tertiary/aromatic N) is 3. The number of hydrogen-bond donors (Lipinski definition) is 2. The first-order valence-corrected chi connectivity index (χ1v) is 17.8. The molecule has 0 unspecified atom stereocenters. The molecule has 10 nitrogen and oxygen atoms in total. The van der Waals surface area contributed by atoms with Crippen molar-refractivity contribution in [1.29, 1.82) is 0 Å². The van der Waals surface area contributed by atoms with Gasteiger partial charge >= 0.3 is 12.0 Å². The minimum absolute atomic E-state index is 0.0803. The first-order chi connectivity index (χ1) is 23.1. The van der Waals surface area contributed by atoms with Crippen molar-refractivity contribution in [2.45, 2.75) is 111 Å². The van der Waals surface area contributed by atoms with Crippen LogP contribution >= 0.6 is 0 Å². The van der Waals surface area contributed by atoms with Gasteiger partial charge in [0.2, 0.25) is 11.9 Å². The normalized spacial score (nSPS) is 14.8. The maximum Gasteiger partial charge on any atom is 0.326 e. The van der Waals surface area contributed by atoms with Gasteiger partial charge in [0.25, 0.3) is 0 Å². The van der Waals surface area contributed by atoms with E-state index in [9.17, 15) is 14.4 Å². The Hall–Kier alpha value is -4.08. The Kier molecular flexibility index (Phi) is 14.1. The Bertz CT molecular complexity index is 1370. The van der Waals surface area contributed by atoms with Crippen molar-refractivity contribution in [3.05, 3.63) is 54.1 Å². The number of fused-ring (bicyclic) bond motifs is 1. The van der Waals surface area contributed by atoms with Crippen LogP contribution in [0.2, 0.25) is 0 Å². The molecule has 2 N–H and O–H groups in total. The monoisotopic (exact) mass is 661 g/mol. The molecule has 2 aromatic carbocycles. The Morgan fingerprint density at radius 3 is 2.46 bits per heavy atom. The van der Waals surface area contributed by atoms with Gasteiger partial charge in [0, 0.05) is 36.8 Å². The van der Waals surface area contributed by atoms with Crippen LogP contribution in [0.15, 0.2) is 53.5 Å². The second-order valence-electron chi connectivity index (χ2n) is 14.1. The van der Waals surface area contributed by atoms with Gasteiger partial charge < -0.3 is 24.6 Å². The molecule has 48 heavy (non-hydrogen) atoms. The molecule has 0 atom stereocenters. The van der Waals surface area contributed by atoms with Crippen LogP contribution in [0.4, 0.5) is 16.2 Å². The molecule has 3 amide bonds. The number of hydrogen-bond acceptors (Lipinski definition) is 7. The molecule has 1 aliphatic carbocycles. The summed E-state index contributed by atoms with van der Waals surface area (Å²) in [4.78, 5) is 47.5. The van der Waals surface area contributed by atoms with E-state index in [0.717, 1.165) is 31.4 Å². The third kappa shape index (κ3) is 12.2. The smallest absolute Gasteiger partial charge is 0.326 e. The number of anilines is 1. The number of aliphatic imine (C=N–C) groups is 1. The van der Waals surface area contributed by atoms with Gasteiger partial charge in [-0.25, -0.2) is 9.79 Å². The van der Waals surface area contributed by atoms with E-state index >= 15 is 0 Å². The summed E-state index contributed by atoms with van der Waals surface area (Å²) in [5.41, 5.74) is 2.00. The second-order valence-corrected chi connectivity index (χ2v) is 14.1. The predicted molar refractivity (Wildman–Crippen MR) is 190 cm³/mol. The molecule has 1 aliphatic heterocycles. The lowest BCUT2D eigenvalue weighted by molar-refractivity contribution is -0.146. The molecule has 0 aromatic heterocycles. The lowest BCUT2D eigenvalue weighted by Gasteiger charge is -2.34. The average molecular weight is 662 g/mol. The maximum atomic E-state index is 13.3. The van der Waals surface area contributed by atoms with Crippen molar-refractivity contribution < 1.29 is 23.9 Å². The highest BCUT2D eigenvalue weighted by molar-refractivity contribution is 6.04. The van der Waals surface area contributed by atoms with E-state index < -0.39 is 12.0 Å². The quantitative estimate of drug-likeness (QED) is 0.149. The fraction of sp³-hybridized carbons (Fsp3) is 0.579. The number of esters is 1. The van der Waals surface area contributed by atoms with Crippen LogP contribution in [0.5, 0.6) is 5.75 Å². The van der Waals surface area contributed by atoms with Gasteiger partial charge in [-0.3, -0.25) is 14.9 Å². The van der Waals surface area contributed by atoms with E-state index in [1.807, 2.05) is 57.2 Å². The number of benzene rings is 2. The molecule has 0 bridgehead atoms. The third-order valence-corrected chi connectivity index (χ3v) is 8.57. The van der Waals surface area contributed by atoms with Crippen LogP contribution in [0, 0.1) is 5.41 Å². The number of carbonyl (C=O) groups is 3. The van der Waals surface area contributed by atoms with Crippen molar-refractivity contribution >= 4 is 35.2 Å². The van der Waals surface area contributed by atoms with Gasteiger partial charge in [0.1, 0.15) is 12.3 Å². The van der Waals surface area contributed by atoms with Crippen molar-refractivity contribution in [1.82, 2.24) is 15.1 Å². The molecular weight excluding hydrogens is 606 g/mol. The average Bonchev–Trinajstić information content (AvgIpc) is 3.06. The molecule has 0 radical (unpaired) electrons. The summed E-state index contributed by atoms with van der Waals surface area (Å²) < 4.78 is 11.6. The number of rotatable bonds is 15. The summed E-state index contributed by atoms with van der Waals surface area (Å²) >= 11 is 0. The minimum atomic E-state index is -0.464. The Morgan fingerprint density at radius 1 is 0.958 bits per heavy atom. The number of guanidine groups is 1. The topological polar surface area (TPSA) is 113 Å². The van der Waals surface area contributed by atoms with Crippen molar-refractivity contribution in [3.8, 4) is 5.75 Å². The number of unbranched alkanes of at least 4 members (excludes halogenated alkanes) is 3. The number of ether oxygens (including phenoxy) is 2. The molecule has 4 rings (SSSR count). The molecule has 0 spiro atoms. The molecule has 2 aromatic rings. The van der Waals surface area contributed by atoms with Gasteiger partial charge in [0.15, 0.2) is 0 Å². The number of carbonyl (C=O) groups excluding carboxylic acids is 3. The zero-order valence-corrected chi connectivity index (χ0v) is 29.4. The van der Waals surface area contributed by atoms with E-state index in [2.05, 4.69) is 27.4 Å². The van der Waals surface area contributed by atoms with E-state index in [-0.39, 0.29) is 30.4 Å². The van der Waals surface area contributed by atoms with Crippen molar-refractivity contribution in [3.63, 3.8) is 0 Å². The first kappa shape index (κ1) is 36.8. The highest BCUT2D eigenvalue weighted by Crippen LogP contribution is 2.30. The first-order valence-electron chi connectivity index (χ1n) is 17.8. The van der Waals surface area contributed by atoms with Crippen molar-refractivity contribution in [2.24, 2.45) is 10.4 Å². The minimum Gasteiger partial charge on any atom is -0.494 e. The standard InChI is InChI=1S/C38H55N5O5/c1-5-6-7-14-23-43(31-18-12-9-13-19-31)34(44)20-15-24-47-32-21-22-33-29(25-32)26-42(27-35(45)48-28-38(2,3)4)36(40-33)41-37(46)39-30-16-10-8-11-17-30/h8,10-11,16-17,21-22,25,31H,5-7,9,12-15,18-20,23-24,26-28H2,1-4H3,(H2,39,40,41,46). The number of para-hydroxylation sites is 1. The highest BCUT2D eigenvalue weighted by atomic mass is 16.5. The molecular formula is C38H55N5O5. The number of urea groups is 1. The molecule has 262 valence electrons. The molecule has 1 heterocycles. The van der Waals surface area contributed by atoms with Crippen LogP contribution in [-0.2, 0) is 20.9 Å². The highest BCUT2D eigenvalue weighted by Gasteiger charge is 2.27. The predicted octanol–water partition coefficient (Wildman–Crippen LogP) is 7.80. The Morgan fingerprint density at radius 2 is 1.73 bits per heavy atom. The molecule has 1 saturated carbocycles. The molecule has 2 aliphatic rings. The summed E-state index contributed by atoms with van der Waals surface area (Å²) in [6.07, 6.45) is 11.7. The van der Waals surface area contributed by atoms with Crippen LogP contribution in [0.3, 0.4) is 0 Å². The summed E-state index contributed by atoms with van der Waals surface area (Å²) in [7, 11) is 0. The summed E-state index contributed by atoms with van der Waals surface area (Å²) in [6, 6.07) is 14.6. The van der Waals surface area contributed by atoms with Gasteiger partial charge in [-0.2, -0.15) is 0 Å². The zero-order valence-electron chi connectivity index (χ0n) is 29.4. The van der Waals surface area contributed by atoms with Gasteiger partial charge in [-0.15, -0.1) is 0 Å². The molecule has 1 fully saturated rings. The van der Waals surface area contributed by atoms with Gasteiger partial charge in [-0.1, -0.05) is 84.4 Å². The molecule has 0 saturated heterocycles. The van der Waals surface area contributed by atoms with Gasteiger partial charge in [-0.05, 0) is 61.4 Å². The third-order valence-electron chi connectivity index (χ3n) is 8.57. The Labute approximate surface area is 286 Å². The van der Waals surface area contributed by atoms with E-state index in [0.29, 0.717) is 49.2 Å². The van der Waals surface area contributed by atoms with Crippen LogP contribution in [0.1, 0.15) is 104 Å². The van der Waals surface area contributed by atoms with Crippen LogP contribution in [-0.4, -0.2) is 66.0 Å². The SMILES string of the molecule is CCCCCCN(C(=O)CCCOc1ccc2c(c1)CN(CC(=O)OCC(C)(C)C)C(NC(=O)Nc1ccccc1)=N2)C1CCCCC1. The Balaban J connectivity index is 1.36. The van der Waals surface area contributed by atoms with Crippen LogP contribution in [0.25, 0.3) is 0 Å². The number of amides is 3. The zero-order chi connectivity index (χ0) is 34.4. The van der Waals surface area contributed by atoms with Crippen LogP contribution < -0.4 is 15.4 Å². The fourth-order valence-corrected chi connectivity index (χ4v) is 6.04. The van der Waals surface area contributed by atoms with Crippen molar-refractivity contribution in [2.75, 3.05) is 31.6 Å². The summed E-state index contributed by atoms with van der Waals surface area (Å²) in [5.74, 6) is 0.768. The lowest BCUT2D eigenvalue weighted by Crippen LogP contribution is -2.48. The fourth-order valence-electron chi connectivity index (χ4n) is 6.04. The maximum absolute atomic E-state index is 13.3.